The Labute approximate surface area is 156 Å². The number of hydrogen-bond donors (Lipinski definition) is 2. The van der Waals surface area contributed by atoms with Crippen LogP contribution >= 0.6 is 0 Å². The molecule has 7 nitrogen and oxygen atoms in total. The van der Waals surface area contributed by atoms with Crippen LogP contribution in [0.1, 0.15) is 35.0 Å². The highest BCUT2D eigenvalue weighted by molar-refractivity contribution is 6.05. The molecule has 0 atom stereocenters. The zero-order chi connectivity index (χ0) is 19.6. The first-order valence-electron chi connectivity index (χ1n) is 8.62. The summed E-state index contributed by atoms with van der Waals surface area (Å²) in [7, 11) is 1.57. The number of benzene rings is 1. The van der Waals surface area contributed by atoms with E-state index in [1.807, 2.05) is 13.0 Å². The molecule has 140 valence electrons. The first-order chi connectivity index (χ1) is 12.9. The average molecular weight is 367 g/mol. The van der Waals surface area contributed by atoms with Gasteiger partial charge in [0.05, 0.1) is 18.5 Å². The molecule has 3 rings (SSSR count). The van der Waals surface area contributed by atoms with Crippen molar-refractivity contribution in [1.29, 1.82) is 0 Å². The minimum Gasteiger partial charge on any atom is -0.496 e. The van der Waals surface area contributed by atoms with Crippen molar-refractivity contribution in [3.63, 3.8) is 0 Å². The Morgan fingerprint density at radius 1 is 1.30 bits per heavy atom. The van der Waals surface area contributed by atoms with Gasteiger partial charge >= 0.3 is 5.63 Å². The van der Waals surface area contributed by atoms with Gasteiger partial charge in [-0.25, -0.2) is 9.78 Å². The number of anilines is 2. The van der Waals surface area contributed by atoms with Crippen molar-refractivity contribution in [2.24, 2.45) is 0 Å². The maximum atomic E-state index is 12.6. The SMILES string of the molecule is CCCc1c(OC)ccc2cc(C(=O)Nc3ccc(N)nc3C)c(=O)oc12. The number of pyridine rings is 1. The lowest BCUT2D eigenvalue weighted by atomic mass is 10.0. The Balaban J connectivity index is 2.03. The van der Waals surface area contributed by atoms with Crippen LogP contribution < -0.4 is 21.4 Å². The highest BCUT2D eigenvalue weighted by atomic mass is 16.5. The third-order valence-corrected chi connectivity index (χ3v) is 4.28. The van der Waals surface area contributed by atoms with Gasteiger partial charge in [-0.15, -0.1) is 0 Å². The van der Waals surface area contributed by atoms with Gasteiger partial charge in [-0.2, -0.15) is 0 Å². The number of amides is 1. The minimum absolute atomic E-state index is 0.0775. The number of aromatic nitrogens is 1. The molecule has 2 aromatic heterocycles. The molecule has 7 heteroatoms. The molecule has 0 fully saturated rings. The Hall–Kier alpha value is -3.35. The maximum absolute atomic E-state index is 12.6. The van der Waals surface area contributed by atoms with E-state index in [4.69, 9.17) is 14.9 Å². The normalized spacial score (nSPS) is 10.8. The maximum Gasteiger partial charge on any atom is 0.349 e. The Kier molecular flexibility index (Phi) is 5.12. The third-order valence-electron chi connectivity index (χ3n) is 4.28. The number of nitrogens with two attached hydrogens (primary N) is 1. The van der Waals surface area contributed by atoms with Crippen molar-refractivity contribution in [2.75, 3.05) is 18.2 Å². The number of ether oxygens (including phenoxy) is 1. The van der Waals surface area contributed by atoms with E-state index in [0.29, 0.717) is 40.3 Å². The van der Waals surface area contributed by atoms with Crippen LogP contribution in [-0.2, 0) is 6.42 Å². The molecule has 1 aromatic carbocycles. The monoisotopic (exact) mass is 367 g/mol. The van der Waals surface area contributed by atoms with Crippen molar-refractivity contribution >= 4 is 28.4 Å². The fourth-order valence-electron chi connectivity index (χ4n) is 2.96. The summed E-state index contributed by atoms with van der Waals surface area (Å²) >= 11 is 0. The molecule has 0 spiro atoms. The van der Waals surface area contributed by atoms with Crippen LogP contribution in [0, 0.1) is 6.92 Å². The fourth-order valence-corrected chi connectivity index (χ4v) is 2.96. The third kappa shape index (κ3) is 3.62. The molecule has 0 saturated heterocycles. The first kappa shape index (κ1) is 18.4. The molecule has 0 aliphatic rings. The molecular formula is C20H21N3O4. The number of hydrogen-bond acceptors (Lipinski definition) is 6. The van der Waals surface area contributed by atoms with Crippen molar-refractivity contribution in [2.45, 2.75) is 26.7 Å². The van der Waals surface area contributed by atoms with E-state index in [2.05, 4.69) is 10.3 Å². The molecule has 0 aliphatic heterocycles. The molecule has 1 amide bonds. The predicted molar refractivity (Wildman–Crippen MR) is 104 cm³/mol. The van der Waals surface area contributed by atoms with Crippen LogP contribution in [0.5, 0.6) is 5.75 Å². The fraction of sp³-hybridized carbons (Fsp3) is 0.250. The summed E-state index contributed by atoms with van der Waals surface area (Å²) in [6, 6.07) is 8.33. The quantitative estimate of drug-likeness (QED) is 0.670. The van der Waals surface area contributed by atoms with E-state index in [-0.39, 0.29) is 5.56 Å². The topological polar surface area (TPSA) is 107 Å². The van der Waals surface area contributed by atoms with Crippen LogP contribution in [0.25, 0.3) is 11.0 Å². The number of nitrogens with zero attached hydrogens (tertiary/aromatic N) is 1. The van der Waals surface area contributed by atoms with Crippen LogP contribution in [0.3, 0.4) is 0 Å². The molecule has 0 aliphatic carbocycles. The molecule has 0 radical (unpaired) electrons. The van der Waals surface area contributed by atoms with Gasteiger partial charge in [0.15, 0.2) is 0 Å². The summed E-state index contributed by atoms with van der Waals surface area (Å²) in [6.45, 7) is 3.75. The molecule has 27 heavy (non-hydrogen) atoms. The second-order valence-corrected chi connectivity index (χ2v) is 6.19. The Morgan fingerprint density at radius 2 is 2.07 bits per heavy atom. The van der Waals surface area contributed by atoms with Crippen LogP contribution in [-0.4, -0.2) is 18.0 Å². The molecule has 0 saturated carbocycles. The van der Waals surface area contributed by atoms with Crippen LogP contribution in [0.15, 0.2) is 39.5 Å². The number of nitrogens with one attached hydrogen (secondary N) is 1. The van der Waals surface area contributed by atoms with Gasteiger partial charge in [-0.05, 0) is 43.7 Å². The van der Waals surface area contributed by atoms with Crippen molar-refractivity contribution < 1.29 is 13.9 Å². The lowest BCUT2D eigenvalue weighted by Gasteiger charge is -2.11. The summed E-state index contributed by atoms with van der Waals surface area (Å²) in [5.74, 6) is 0.453. The number of carbonyl (C=O) groups excluding carboxylic acids is 1. The van der Waals surface area contributed by atoms with Gasteiger partial charge < -0.3 is 20.2 Å². The highest BCUT2D eigenvalue weighted by Gasteiger charge is 2.18. The van der Waals surface area contributed by atoms with E-state index >= 15 is 0 Å². The molecule has 0 unspecified atom stereocenters. The minimum atomic E-state index is -0.702. The Bertz CT molecular complexity index is 1070. The number of methoxy groups -OCH3 is 1. The highest BCUT2D eigenvalue weighted by Crippen LogP contribution is 2.29. The zero-order valence-corrected chi connectivity index (χ0v) is 15.5. The summed E-state index contributed by atoms with van der Waals surface area (Å²) in [6.07, 6.45) is 1.57. The van der Waals surface area contributed by atoms with Crippen LogP contribution in [0.2, 0.25) is 0 Å². The molecular weight excluding hydrogens is 346 g/mol. The second kappa shape index (κ2) is 7.49. The zero-order valence-electron chi connectivity index (χ0n) is 15.5. The molecule has 3 N–H and O–H groups in total. The van der Waals surface area contributed by atoms with Gasteiger partial charge in [0.1, 0.15) is 22.7 Å². The predicted octanol–water partition coefficient (Wildman–Crippen LogP) is 3.29. The van der Waals surface area contributed by atoms with Gasteiger partial charge in [0, 0.05) is 10.9 Å². The second-order valence-electron chi connectivity index (χ2n) is 6.19. The number of nitrogen functional groups attached to an aromatic ring is 1. The van der Waals surface area contributed by atoms with Crippen LogP contribution in [0.4, 0.5) is 11.5 Å². The number of carbonyl (C=O) groups is 1. The van der Waals surface area contributed by atoms with Gasteiger partial charge in [0.25, 0.3) is 5.91 Å². The lowest BCUT2D eigenvalue weighted by Crippen LogP contribution is -2.21. The van der Waals surface area contributed by atoms with Gasteiger partial charge in [-0.3, -0.25) is 4.79 Å². The largest absolute Gasteiger partial charge is 0.496 e. The Morgan fingerprint density at radius 3 is 2.74 bits per heavy atom. The standard InChI is InChI=1S/C20H21N3O4/c1-4-5-13-16(26-3)8-6-12-10-14(20(25)27-18(12)13)19(24)23-15-7-9-17(21)22-11(15)2/h6-10H,4-5H2,1-3H3,(H2,21,22)(H,23,24). The van der Waals surface area contributed by atoms with Gasteiger partial charge in [-0.1, -0.05) is 13.3 Å². The van der Waals surface area contributed by atoms with Crippen molar-refractivity contribution in [3.05, 3.63) is 57.6 Å². The van der Waals surface area contributed by atoms with E-state index in [0.717, 1.165) is 12.0 Å². The summed E-state index contributed by atoms with van der Waals surface area (Å²) in [5, 5.41) is 3.34. The summed E-state index contributed by atoms with van der Waals surface area (Å²) in [5.41, 5.74) is 7.15. The average Bonchev–Trinajstić information content (AvgIpc) is 2.64. The summed E-state index contributed by atoms with van der Waals surface area (Å²) < 4.78 is 10.9. The van der Waals surface area contributed by atoms with E-state index in [9.17, 15) is 9.59 Å². The van der Waals surface area contributed by atoms with E-state index < -0.39 is 11.5 Å². The van der Waals surface area contributed by atoms with E-state index in [1.165, 1.54) is 6.07 Å². The van der Waals surface area contributed by atoms with Crippen molar-refractivity contribution in [3.8, 4) is 5.75 Å². The van der Waals surface area contributed by atoms with Crippen molar-refractivity contribution in [1.82, 2.24) is 4.98 Å². The number of aryl methyl sites for hydroxylation is 2. The lowest BCUT2D eigenvalue weighted by molar-refractivity contribution is 0.102. The number of fused-ring (bicyclic) bond motifs is 1. The molecule has 2 heterocycles. The molecule has 0 bridgehead atoms. The molecule has 3 aromatic rings. The first-order valence-corrected chi connectivity index (χ1v) is 8.62. The van der Waals surface area contributed by atoms with Gasteiger partial charge in [0.2, 0.25) is 0 Å². The van der Waals surface area contributed by atoms with E-state index in [1.54, 1.807) is 32.2 Å². The smallest absolute Gasteiger partial charge is 0.349 e. The summed E-state index contributed by atoms with van der Waals surface area (Å²) in [4.78, 5) is 29.1. The number of rotatable bonds is 5.